The fraction of sp³-hybridized carbons (Fsp3) is 0.188. The Hall–Kier alpha value is -2.12. The Balaban J connectivity index is 2.26. The average molecular weight is 371 g/mol. The molecule has 0 saturated heterocycles. The van der Waals surface area contributed by atoms with Gasteiger partial charge in [0.2, 0.25) is 15.9 Å². The summed E-state index contributed by atoms with van der Waals surface area (Å²) in [7, 11) is -3.69. The van der Waals surface area contributed by atoms with Crippen molar-refractivity contribution in [2.45, 2.75) is 6.92 Å². The van der Waals surface area contributed by atoms with Gasteiger partial charge in [0.1, 0.15) is 6.54 Å². The number of benzene rings is 2. The van der Waals surface area contributed by atoms with Crippen molar-refractivity contribution in [2.24, 2.45) is 0 Å². The van der Waals surface area contributed by atoms with Crippen molar-refractivity contribution in [3.8, 4) is 0 Å². The van der Waals surface area contributed by atoms with Crippen molar-refractivity contribution in [1.82, 2.24) is 0 Å². The quantitative estimate of drug-likeness (QED) is 0.878. The van der Waals surface area contributed by atoms with E-state index in [1.54, 1.807) is 31.2 Å². The summed E-state index contributed by atoms with van der Waals surface area (Å²) in [5.41, 5.74) is 0.983. The van der Waals surface area contributed by atoms with Crippen LogP contribution in [0, 0.1) is 12.7 Å². The summed E-state index contributed by atoms with van der Waals surface area (Å²) >= 11 is 5.66. The molecule has 0 atom stereocenters. The van der Waals surface area contributed by atoms with Crippen molar-refractivity contribution >= 4 is 38.9 Å². The van der Waals surface area contributed by atoms with E-state index in [0.717, 1.165) is 10.6 Å². The van der Waals surface area contributed by atoms with E-state index in [-0.39, 0.29) is 10.7 Å². The molecular formula is C16H16ClFN2O3S. The molecule has 0 aliphatic carbocycles. The molecule has 8 heteroatoms. The van der Waals surface area contributed by atoms with Crippen LogP contribution in [0.3, 0.4) is 0 Å². The Morgan fingerprint density at radius 3 is 2.50 bits per heavy atom. The van der Waals surface area contributed by atoms with E-state index in [4.69, 9.17) is 11.6 Å². The van der Waals surface area contributed by atoms with Gasteiger partial charge >= 0.3 is 0 Å². The number of sulfonamides is 1. The maximum absolute atomic E-state index is 13.8. The third-order valence-electron chi connectivity index (χ3n) is 3.30. The van der Waals surface area contributed by atoms with Gasteiger partial charge in [0, 0.05) is 0 Å². The van der Waals surface area contributed by atoms with Crippen molar-refractivity contribution in [2.75, 3.05) is 22.4 Å². The van der Waals surface area contributed by atoms with Crippen molar-refractivity contribution in [1.29, 1.82) is 0 Å². The zero-order valence-corrected chi connectivity index (χ0v) is 14.7. The van der Waals surface area contributed by atoms with Gasteiger partial charge in [-0.25, -0.2) is 12.8 Å². The average Bonchev–Trinajstić information content (AvgIpc) is 2.49. The monoisotopic (exact) mass is 370 g/mol. The number of hydrogen-bond donors (Lipinski definition) is 1. The number of carbonyl (C=O) groups excluding carboxylic acids is 1. The second-order valence-electron chi connectivity index (χ2n) is 5.21. The lowest BCUT2D eigenvalue weighted by molar-refractivity contribution is -0.114. The molecule has 128 valence electrons. The Kier molecular flexibility index (Phi) is 5.46. The lowest BCUT2D eigenvalue weighted by atomic mass is 10.2. The van der Waals surface area contributed by atoms with Crippen LogP contribution in [0.25, 0.3) is 0 Å². The molecule has 0 fully saturated rings. The number of aryl methyl sites for hydroxylation is 1. The van der Waals surface area contributed by atoms with Gasteiger partial charge in [0.25, 0.3) is 0 Å². The van der Waals surface area contributed by atoms with Gasteiger partial charge < -0.3 is 5.32 Å². The van der Waals surface area contributed by atoms with Crippen molar-refractivity contribution < 1.29 is 17.6 Å². The topological polar surface area (TPSA) is 66.5 Å². The Bertz CT molecular complexity index is 871. The number of anilines is 2. The van der Waals surface area contributed by atoms with E-state index in [0.29, 0.717) is 11.3 Å². The fourth-order valence-corrected chi connectivity index (χ4v) is 3.23. The van der Waals surface area contributed by atoms with Crippen molar-refractivity contribution in [3.05, 3.63) is 58.9 Å². The molecule has 24 heavy (non-hydrogen) atoms. The molecule has 2 aromatic carbocycles. The zero-order chi connectivity index (χ0) is 17.9. The molecule has 0 aliphatic heterocycles. The Labute approximate surface area is 145 Å². The van der Waals surface area contributed by atoms with Gasteiger partial charge in [0.15, 0.2) is 5.82 Å². The highest BCUT2D eigenvalue weighted by Crippen LogP contribution is 2.24. The lowest BCUT2D eigenvalue weighted by Gasteiger charge is -2.23. The molecule has 0 radical (unpaired) electrons. The van der Waals surface area contributed by atoms with Crippen LogP contribution in [-0.2, 0) is 14.8 Å². The molecule has 0 spiro atoms. The molecule has 5 nitrogen and oxygen atoms in total. The first kappa shape index (κ1) is 18.2. The first-order valence-corrected chi connectivity index (χ1v) is 9.20. The van der Waals surface area contributed by atoms with Crippen LogP contribution in [-0.4, -0.2) is 27.1 Å². The minimum atomic E-state index is -3.69. The van der Waals surface area contributed by atoms with Crippen LogP contribution in [0.2, 0.25) is 5.02 Å². The lowest BCUT2D eigenvalue weighted by Crippen LogP contribution is -2.38. The molecule has 2 rings (SSSR count). The molecule has 0 bridgehead atoms. The maximum Gasteiger partial charge on any atom is 0.245 e. The minimum absolute atomic E-state index is 0.106. The summed E-state index contributed by atoms with van der Waals surface area (Å²) < 4.78 is 38.9. The zero-order valence-electron chi connectivity index (χ0n) is 13.1. The van der Waals surface area contributed by atoms with E-state index >= 15 is 0 Å². The number of nitrogens with one attached hydrogen (secondary N) is 1. The van der Waals surface area contributed by atoms with Crippen molar-refractivity contribution in [3.63, 3.8) is 0 Å². The second kappa shape index (κ2) is 7.19. The van der Waals surface area contributed by atoms with Crippen LogP contribution < -0.4 is 9.62 Å². The largest absolute Gasteiger partial charge is 0.322 e. The third kappa shape index (κ3) is 4.24. The predicted octanol–water partition coefficient (Wildman–Crippen LogP) is 3.19. The fourth-order valence-electron chi connectivity index (χ4n) is 2.14. The number of nitrogens with zero attached hydrogens (tertiary/aromatic N) is 1. The molecule has 2 aromatic rings. The molecule has 0 unspecified atom stereocenters. The van der Waals surface area contributed by atoms with E-state index in [2.05, 4.69) is 5.32 Å². The Morgan fingerprint density at radius 1 is 1.21 bits per heavy atom. The van der Waals surface area contributed by atoms with Crippen LogP contribution in [0.1, 0.15) is 5.56 Å². The molecule has 0 aliphatic rings. The molecule has 1 N–H and O–H groups in total. The molecule has 0 aromatic heterocycles. The standard InChI is InChI=1S/C16H16ClFN2O3S/c1-11-6-3-4-9-14(11)20(24(2,22)23)10-15(21)19-13-8-5-7-12(17)16(13)18/h3-9H,10H2,1-2H3,(H,19,21). The first-order valence-electron chi connectivity index (χ1n) is 6.97. The highest BCUT2D eigenvalue weighted by molar-refractivity contribution is 7.92. The van der Waals surface area contributed by atoms with E-state index in [9.17, 15) is 17.6 Å². The second-order valence-corrected chi connectivity index (χ2v) is 7.52. The number of rotatable bonds is 5. The smallest absolute Gasteiger partial charge is 0.245 e. The molecule has 1 amide bonds. The number of para-hydroxylation sites is 1. The van der Waals surface area contributed by atoms with E-state index in [1.165, 1.54) is 18.2 Å². The van der Waals surface area contributed by atoms with E-state index in [1.807, 2.05) is 0 Å². The Morgan fingerprint density at radius 2 is 1.88 bits per heavy atom. The van der Waals surface area contributed by atoms with Crippen LogP contribution in [0.15, 0.2) is 42.5 Å². The first-order chi connectivity index (χ1) is 11.2. The van der Waals surface area contributed by atoms with Gasteiger partial charge in [-0.3, -0.25) is 9.10 Å². The summed E-state index contributed by atoms with van der Waals surface area (Å²) in [6, 6.07) is 11.0. The number of hydrogen-bond acceptors (Lipinski definition) is 3. The highest BCUT2D eigenvalue weighted by atomic mass is 35.5. The predicted molar refractivity (Wildman–Crippen MR) is 93.4 cm³/mol. The van der Waals surface area contributed by atoms with Gasteiger partial charge in [-0.2, -0.15) is 0 Å². The normalized spacial score (nSPS) is 11.2. The van der Waals surface area contributed by atoms with Gasteiger partial charge in [-0.15, -0.1) is 0 Å². The summed E-state index contributed by atoms with van der Waals surface area (Å²) in [5.74, 6) is -1.45. The number of carbonyl (C=O) groups is 1. The number of amides is 1. The molecule has 0 heterocycles. The van der Waals surface area contributed by atoms with E-state index < -0.39 is 28.3 Å². The van der Waals surface area contributed by atoms with Crippen LogP contribution >= 0.6 is 11.6 Å². The van der Waals surface area contributed by atoms with Gasteiger partial charge in [-0.1, -0.05) is 35.9 Å². The SMILES string of the molecule is Cc1ccccc1N(CC(=O)Nc1cccc(Cl)c1F)S(C)(=O)=O. The van der Waals surface area contributed by atoms with Crippen LogP contribution in [0.5, 0.6) is 0 Å². The summed E-state index contributed by atoms with van der Waals surface area (Å²) in [6.45, 7) is 1.26. The van der Waals surface area contributed by atoms with Gasteiger partial charge in [0.05, 0.1) is 22.7 Å². The van der Waals surface area contributed by atoms with Crippen LogP contribution in [0.4, 0.5) is 15.8 Å². The summed E-state index contributed by atoms with van der Waals surface area (Å²) in [6.07, 6.45) is 1.01. The maximum atomic E-state index is 13.8. The third-order valence-corrected chi connectivity index (χ3v) is 4.72. The summed E-state index contributed by atoms with van der Waals surface area (Å²) in [4.78, 5) is 12.2. The van der Waals surface area contributed by atoms with Gasteiger partial charge in [-0.05, 0) is 30.7 Å². The highest BCUT2D eigenvalue weighted by Gasteiger charge is 2.22. The number of halogens is 2. The molecule has 0 saturated carbocycles. The summed E-state index contributed by atoms with van der Waals surface area (Å²) in [5, 5.41) is 2.21. The minimum Gasteiger partial charge on any atom is -0.322 e. The molecular weight excluding hydrogens is 355 g/mol.